The molecule has 2 aliphatic rings. The van der Waals surface area contributed by atoms with E-state index in [1.54, 1.807) is 11.1 Å². The number of nitrogens with one attached hydrogen (secondary N) is 1. The number of hydrogen-bond acceptors (Lipinski definition) is 5. The average Bonchev–Trinajstić information content (AvgIpc) is 3.24. The van der Waals surface area contributed by atoms with Gasteiger partial charge >= 0.3 is 6.09 Å². The molecule has 7 heteroatoms. The van der Waals surface area contributed by atoms with Gasteiger partial charge in [-0.2, -0.15) is 5.10 Å². The lowest BCUT2D eigenvalue weighted by molar-refractivity contribution is 0.0443. The molecule has 0 saturated carbocycles. The molecule has 0 aromatic carbocycles. The smallest absolute Gasteiger partial charge is 0.410 e. The van der Waals surface area contributed by atoms with Crippen LogP contribution in [0.3, 0.4) is 0 Å². The first-order chi connectivity index (χ1) is 11.6. The van der Waals surface area contributed by atoms with Crippen molar-refractivity contribution in [2.75, 3.05) is 26.7 Å². The number of thiophene rings is 1. The van der Waals surface area contributed by atoms with Gasteiger partial charge in [-0.15, -0.1) is 11.3 Å². The van der Waals surface area contributed by atoms with E-state index in [4.69, 9.17) is 4.74 Å². The van der Waals surface area contributed by atoms with Gasteiger partial charge in [0.1, 0.15) is 5.60 Å². The Morgan fingerprint density at radius 1 is 1.33 bits per heavy atom. The van der Waals surface area contributed by atoms with Crippen LogP contribution >= 0.6 is 11.3 Å². The fraction of sp³-hybridized carbons (Fsp3) is 0.529. The molecular formula is C17H22N4O2S. The summed E-state index contributed by atoms with van der Waals surface area (Å²) >= 11 is 1.81. The average molecular weight is 346 g/mol. The lowest BCUT2D eigenvalue weighted by atomic mass is 9.95. The van der Waals surface area contributed by atoms with Crippen molar-refractivity contribution < 1.29 is 9.53 Å². The number of nitrogens with zero attached hydrogens (tertiary/aromatic N) is 3. The zero-order valence-corrected chi connectivity index (χ0v) is 14.6. The van der Waals surface area contributed by atoms with E-state index >= 15 is 0 Å². The van der Waals surface area contributed by atoms with Crippen molar-refractivity contribution in [3.05, 3.63) is 29.3 Å². The maximum atomic E-state index is 11.7. The quantitative estimate of drug-likeness (QED) is 0.928. The summed E-state index contributed by atoms with van der Waals surface area (Å²) in [5.41, 5.74) is 0.805. The van der Waals surface area contributed by atoms with Crippen LogP contribution in [0, 0.1) is 0 Å². The number of aromatic amines is 1. The summed E-state index contributed by atoms with van der Waals surface area (Å²) in [6.45, 7) is 3.71. The molecule has 4 rings (SSSR count). The molecule has 128 valence electrons. The van der Waals surface area contributed by atoms with Crippen LogP contribution in [-0.4, -0.2) is 58.4 Å². The standard InChI is InChI=1S/C17H22N4O2S/c1-20-12-17(23-16(20)22)6-2-9-21(10-7-17)11-13-3-4-15(24-13)14-5-8-18-19-14/h3-5,8H,2,6-7,9-12H2,1H3,(H,18,19)/t17-/m0/s1. The van der Waals surface area contributed by atoms with Gasteiger partial charge in [0, 0.05) is 37.6 Å². The number of ether oxygens (including phenoxy) is 1. The Bertz CT molecular complexity index is 714. The van der Waals surface area contributed by atoms with Gasteiger partial charge in [0.15, 0.2) is 0 Å². The Kier molecular flexibility index (Phi) is 4.05. The van der Waals surface area contributed by atoms with Crippen LogP contribution in [-0.2, 0) is 11.3 Å². The highest BCUT2D eigenvalue weighted by atomic mass is 32.1. The monoisotopic (exact) mass is 346 g/mol. The van der Waals surface area contributed by atoms with Gasteiger partial charge in [-0.3, -0.25) is 10.00 Å². The van der Waals surface area contributed by atoms with Crippen molar-refractivity contribution in [2.24, 2.45) is 0 Å². The van der Waals surface area contributed by atoms with Gasteiger partial charge in [-0.25, -0.2) is 4.79 Å². The number of amides is 1. The molecule has 0 bridgehead atoms. The number of likely N-dealkylation sites (N-methyl/N-ethyl adjacent to an activating group) is 1. The summed E-state index contributed by atoms with van der Waals surface area (Å²) in [7, 11) is 1.82. The van der Waals surface area contributed by atoms with Gasteiger partial charge in [0.05, 0.1) is 17.1 Å². The fourth-order valence-electron chi connectivity index (χ4n) is 3.66. The van der Waals surface area contributed by atoms with E-state index in [1.165, 1.54) is 9.75 Å². The van der Waals surface area contributed by atoms with Crippen LogP contribution in [0.15, 0.2) is 24.4 Å². The first-order valence-electron chi connectivity index (χ1n) is 8.39. The molecule has 2 aromatic heterocycles. The first kappa shape index (κ1) is 15.7. The second kappa shape index (κ2) is 6.22. The first-order valence-corrected chi connectivity index (χ1v) is 9.20. The molecule has 1 N–H and O–H groups in total. The van der Waals surface area contributed by atoms with E-state index in [-0.39, 0.29) is 11.7 Å². The Labute approximate surface area is 145 Å². The summed E-state index contributed by atoms with van der Waals surface area (Å²) in [5.74, 6) is 0. The molecule has 1 amide bonds. The van der Waals surface area contributed by atoms with Crippen LogP contribution in [0.25, 0.3) is 10.6 Å². The highest BCUT2D eigenvalue weighted by Crippen LogP contribution is 2.33. The molecule has 0 aliphatic carbocycles. The maximum Gasteiger partial charge on any atom is 0.410 e. The molecule has 24 heavy (non-hydrogen) atoms. The van der Waals surface area contributed by atoms with E-state index in [9.17, 15) is 4.79 Å². The number of likely N-dealkylation sites (tertiary alicyclic amines) is 1. The number of rotatable bonds is 3. The third-order valence-electron chi connectivity index (χ3n) is 4.94. The third-order valence-corrected chi connectivity index (χ3v) is 6.04. The minimum Gasteiger partial charge on any atom is -0.441 e. The van der Waals surface area contributed by atoms with E-state index in [0.717, 1.165) is 51.1 Å². The molecule has 6 nitrogen and oxygen atoms in total. The Morgan fingerprint density at radius 2 is 2.25 bits per heavy atom. The topological polar surface area (TPSA) is 61.5 Å². The number of carbonyl (C=O) groups is 1. The summed E-state index contributed by atoms with van der Waals surface area (Å²) in [5, 5.41) is 7.03. The SMILES string of the molecule is CN1C[C@@]2(CCCN(Cc3ccc(-c4ccn[nH]4)s3)CC2)OC1=O. The van der Waals surface area contributed by atoms with E-state index in [1.807, 2.05) is 24.5 Å². The summed E-state index contributed by atoms with van der Waals surface area (Å²) < 4.78 is 5.69. The minimum absolute atomic E-state index is 0.175. The van der Waals surface area contributed by atoms with Crippen molar-refractivity contribution in [1.82, 2.24) is 20.0 Å². The van der Waals surface area contributed by atoms with Crippen LogP contribution in [0.1, 0.15) is 24.1 Å². The number of aromatic nitrogens is 2. The predicted molar refractivity (Wildman–Crippen MR) is 92.9 cm³/mol. The van der Waals surface area contributed by atoms with Crippen LogP contribution in [0.5, 0.6) is 0 Å². The molecule has 2 saturated heterocycles. The van der Waals surface area contributed by atoms with Gasteiger partial charge in [0.2, 0.25) is 0 Å². The number of H-pyrrole nitrogens is 1. The minimum atomic E-state index is -0.267. The maximum absolute atomic E-state index is 11.7. The van der Waals surface area contributed by atoms with E-state index in [2.05, 4.69) is 27.2 Å². The van der Waals surface area contributed by atoms with Crippen molar-refractivity contribution in [3.8, 4) is 10.6 Å². The lowest BCUT2D eigenvalue weighted by Crippen LogP contribution is -2.35. The van der Waals surface area contributed by atoms with Gasteiger partial charge in [-0.05, 0) is 37.6 Å². The molecule has 1 atom stereocenters. The third kappa shape index (κ3) is 3.06. The van der Waals surface area contributed by atoms with Crippen LogP contribution in [0.4, 0.5) is 4.79 Å². The number of carbonyl (C=O) groups excluding carboxylic acids is 1. The summed E-state index contributed by atoms with van der Waals surface area (Å²) in [4.78, 5) is 18.5. The predicted octanol–water partition coefficient (Wildman–Crippen LogP) is 2.94. The van der Waals surface area contributed by atoms with Crippen molar-refractivity contribution in [1.29, 1.82) is 0 Å². The zero-order valence-electron chi connectivity index (χ0n) is 13.8. The highest BCUT2D eigenvalue weighted by molar-refractivity contribution is 7.15. The fourth-order valence-corrected chi connectivity index (χ4v) is 4.68. The van der Waals surface area contributed by atoms with Gasteiger partial charge in [-0.1, -0.05) is 0 Å². The molecule has 2 fully saturated rings. The molecule has 2 aromatic rings. The normalized spacial score (nSPS) is 25.2. The van der Waals surface area contributed by atoms with Gasteiger partial charge in [0.25, 0.3) is 0 Å². The molecule has 4 heterocycles. The summed E-state index contributed by atoms with van der Waals surface area (Å²) in [6.07, 6.45) is 4.56. The zero-order chi connectivity index (χ0) is 16.6. The van der Waals surface area contributed by atoms with Crippen LogP contribution in [0.2, 0.25) is 0 Å². The number of hydrogen-bond donors (Lipinski definition) is 1. The summed E-state index contributed by atoms with van der Waals surface area (Å²) in [6, 6.07) is 6.35. The largest absolute Gasteiger partial charge is 0.441 e. The molecule has 2 aliphatic heterocycles. The highest BCUT2D eigenvalue weighted by Gasteiger charge is 2.44. The van der Waals surface area contributed by atoms with Crippen molar-refractivity contribution in [2.45, 2.75) is 31.4 Å². The molecule has 1 spiro atoms. The van der Waals surface area contributed by atoms with Crippen LogP contribution < -0.4 is 0 Å². The lowest BCUT2D eigenvalue weighted by Gasteiger charge is -2.25. The Hall–Kier alpha value is -1.86. The molecule has 0 radical (unpaired) electrons. The van der Waals surface area contributed by atoms with E-state index in [0.29, 0.717) is 0 Å². The second-order valence-electron chi connectivity index (χ2n) is 6.77. The van der Waals surface area contributed by atoms with E-state index < -0.39 is 0 Å². The van der Waals surface area contributed by atoms with Crippen molar-refractivity contribution >= 4 is 17.4 Å². The molecular weight excluding hydrogens is 324 g/mol. The Balaban J connectivity index is 1.39. The van der Waals surface area contributed by atoms with Crippen molar-refractivity contribution in [3.63, 3.8) is 0 Å². The van der Waals surface area contributed by atoms with Gasteiger partial charge < -0.3 is 9.64 Å². The second-order valence-corrected chi connectivity index (χ2v) is 7.94. The Morgan fingerprint density at radius 3 is 3.00 bits per heavy atom. The molecule has 0 unspecified atom stereocenters.